The molecule has 1 amide bonds. The number of pyridine rings is 1. The number of fused-ring (bicyclic) bond motifs is 1. The molecule has 0 radical (unpaired) electrons. The van der Waals surface area contributed by atoms with E-state index in [1.54, 1.807) is 19.3 Å². The lowest BCUT2D eigenvalue weighted by Crippen LogP contribution is -2.61. The van der Waals surface area contributed by atoms with E-state index in [0.29, 0.717) is 70.7 Å². The number of anilines is 1. The third kappa shape index (κ3) is 4.25. The SMILES string of the molecule is C[C@@H]1CN(c2ncnc3c(-c4cc(C#N)n(C)n4)ccc(-c4cncc(F)c4)c23)[C@@H](C)CN1C(=O)C1(C#N)CCC1. The Balaban J connectivity index is 1.48. The molecule has 6 rings (SSSR count). The van der Waals surface area contributed by atoms with E-state index in [4.69, 9.17) is 4.98 Å². The summed E-state index contributed by atoms with van der Waals surface area (Å²) in [5.74, 6) is 0.103. The summed E-state index contributed by atoms with van der Waals surface area (Å²) in [4.78, 5) is 30.9. The molecular weight excluding hydrogens is 521 g/mol. The van der Waals surface area contributed by atoms with Crippen molar-refractivity contribution in [3.63, 3.8) is 0 Å². The van der Waals surface area contributed by atoms with Gasteiger partial charge in [0.2, 0.25) is 5.91 Å². The minimum Gasteiger partial charge on any atom is -0.349 e. The maximum Gasteiger partial charge on any atom is 0.243 e. The molecule has 0 spiro atoms. The lowest BCUT2D eigenvalue weighted by Gasteiger charge is -2.48. The summed E-state index contributed by atoms with van der Waals surface area (Å²) >= 11 is 0. The number of hydrogen-bond donors (Lipinski definition) is 0. The molecule has 1 saturated carbocycles. The molecule has 4 aromatic rings. The minimum atomic E-state index is -0.908. The first-order valence-corrected chi connectivity index (χ1v) is 13.6. The molecule has 11 heteroatoms. The van der Waals surface area contributed by atoms with E-state index >= 15 is 0 Å². The second-order valence-electron chi connectivity index (χ2n) is 11.0. The third-order valence-electron chi connectivity index (χ3n) is 8.40. The molecular formula is C30H28FN9O. The van der Waals surface area contributed by atoms with Crippen molar-refractivity contribution < 1.29 is 9.18 Å². The third-order valence-corrected chi connectivity index (χ3v) is 8.40. The van der Waals surface area contributed by atoms with Gasteiger partial charge in [-0.25, -0.2) is 14.4 Å². The van der Waals surface area contributed by atoms with Crippen LogP contribution in [0.1, 0.15) is 38.8 Å². The molecule has 1 aliphatic carbocycles. The molecule has 0 unspecified atom stereocenters. The fourth-order valence-electron chi connectivity index (χ4n) is 5.97. The summed E-state index contributed by atoms with van der Waals surface area (Å²) in [6.45, 7) is 4.96. The summed E-state index contributed by atoms with van der Waals surface area (Å²) in [5.41, 5.74) is 2.69. The smallest absolute Gasteiger partial charge is 0.243 e. The zero-order chi connectivity index (χ0) is 28.9. The Kier molecular flexibility index (Phi) is 6.38. The number of carbonyl (C=O) groups excluding carboxylic acids is 1. The van der Waals surface area contributed by atoms with Crippen molar-refractivity contribution in [1.29, 1.82) is 10.5 Å². The van der Waals surface area contributed by atoms with Gasteiger partial charge in [-0.05, 0) is 50.8 Å². The second-order valence-corrected chi connectivity index (χ2v) is 11.0. The van der Waals surface area contributed by atoms with Gasteiger partial charge in [0.25, 0.3) is 0 Å². The van der Waals surface area contributed by atoms with Crippen LogP contribution in [-0.4, -0.2) is 60.7 Å². The number of benzene rings is 1. The van der Waals surface area contributed by atoms with Gasteiger partial charge in [0.1, 0.15) is 35.1 Å². The highest BCUT2D eigenvalue weighted by atomic mass is 19.1. The van der Waals surface area contributed by atoms with Crippen molar-refractivity contribution >= 4 is 22.6 Å². The van der Waals surface area contributed by atoms with Crippen molar-refractivity contribution in [2.24, 2.45) is 12.5 Å². The van der Waals surface area contributed by atoms with Crippen LogP contribution in [0.3, 0.4) is 0 Å². The van der Waals surface area contributed by atoms with E-state index in [-0.39, 0.29) is 18.0 Å². The van der Waals surface area contributed by atoms with Crippen LogP contribution in [-0.2, 0) is 11.8 Å². The molecule has 1 saturated heterocycles. The number of piperazine rings is 1. The Morgan fingerprint density at radius 1 is 1.07 bits per heavy atom. The second kappa shape index (κ2) is 9.93. The summed E-state index contributed by atoms with van der Waals surface area (Å²) in [7, 11) is 1.71. The number of nitrogens with zero attached hydrogens (tertiary/aromatic N) is 9. The number of aryl methyl sites for hydroxylation is 1. The zero-order valence-electron chi connectivity index (χ0n) is 23.0. The normalized spacial score (nSPS) is 19.9. The van der Waals surface area contributed by atoms with Gasteiger partial charge < -0.3 is 9.80 Å². The molecule has 0 N–H and O–H groups in total. The molecule has 41 heavy (non-hydrogen) atoms. The van der Waals surface area contributed by atoms with Gasteiger partial charge in [0.15, 0.2) is 0 Å². The highest BCUT2D eigenvalue weighted by molar-refractivity contribution is 6.07. The van der Waals surface area contributed by atoms with E-state index < -0.39 is 11.2 Å². The van der Waals surface area contributed by atoms with Gasteiger partial charge in [0.05, 0.1) is 28.9 Å². The Labute approximate surface area is 236 Å². The highest BCUT2D eigenvalue weighted by Gasteiger charge is 2.49. The molecule has 1 aromatic carbocycles. The predicted molar refractivity (Wildman–Crippen MR) is 150 cm³/mol. The quantitative estimate of drug-likeness (QED) is 0.370. The summed E-state index contributed by atoms with van der Waals surface area (Å²) in [5, 5.41) is 24.5. The van der Waals surface area contributed by atoms with E-state index in [2.05, 4.69) is 32.1 Å². The maximum absolute atomic E-state index is 14.3. The first-order chi connectivity index (χ1) is 19.8. The molecule has 1 aliphatic heterocycles. The topological polar surface area (TPSA) is 128 Å². The Hall–Kier alpha value is -4.90. The Morgan fingerprint density at radius 3 is 2.51 bits per heavy atom. The van der Waals surface area contributed by atoms with E-state index in [1.807, 2.05) is 30.9 Å². The van der Waals surface area contributed by atoms with Gasteiger partial charge in [-0.1, -0.05) is 6.07 Å². The number of hydrogen-bond acceptors (Lipinski definition) is 8. The van der Waals surface area contributed by atoms with Gasteiger partial charge in [-0.15, -0.1) is 0 Å². The molecule has 4 heterocycles. The Bertz CT molecular complexity index is 1760. The van der Waals surface area contributed by atoms with Crippen LogP contribution in [0.25, 0.3) is 33.3 Å². The molecule has 206 valence electrons. The lowest BCUT2D eigenvalue weighted by molar-refractivity contribution is -0.146. The van der Waals surface area contributed by atoms with Crippen LogP contribution in [0.15, 0.2) is 43.0 Å². The molecule has 10 nitrogen and oxygen atoms in total. The van der Waals surface area contributed by atoms with Crippen molar-refractivity contribution in [1.82, 2.24) is 29.6 Å². The van der Waals surface area contributed by atoms with E-state index in [1.165, 1.54) is 17.1 Å². The number of carbonyl (C=O) groups is 1. The van der Waals surface area contributed by atoms with E-state index in [9.17, 15) is 19.7 Å². The van der Waals surface area contributed by atoms with Crippen LogP contribution in [0.5, 0.6) is 0 Å². The van der Waals surface area contributed by atoms with Crippen molar-refractivity contribution in [3.05, 3.63) is 54.5 Å². The lowest BCUT2D eigenvalue weighted by atomic mass is 9.68. The average Bonchev–Trinajstić information content (AvgIpc) is 3.33. The molecule has 0 bridgehead atoms. The number of aromatic nitrogens is 5. The zero-order valence-corrected chi connectivity index (χ0v) is 23.0. The van der Waals surface area contributed by atoms with Crippen molar-refractivity contribution in [3.8, 4) is 34.5 Å². The standard InChI is InChI=1S/C30H28FN9O/c1-18-15-40(29(41)30(16-33)7-4-8-30)19(2)14-39(18)28-26-23(20-9-21(31)13-34-12-20)5-6-24(27(26)35-17-36-28)25-10-22(11-32)38(3)37-25/h5-6,9-10,12-13,17-19H,4,7-8,14-15H2,1-3H3/t18-,19+/m0/s1. The number of halogens is 1. The highest BCUT2D eigenvalue weighted by Crippen LogP contribution is 2.44. The van der Waals surface area contributed by atoms with Crippen molar-refractivity contribution in [2.45, 2.75) is 45.2 Å². The van der Waals surface area contributed by atoms with Crippen LogP contribution >= 0.6 is 0 Å². The summed E-state index contributed by atoms with van der Waals surface area (Å²) in [6, 6.07) is 11.0. The summed E-state index contributed by atoms with van der Waals surface area (Å²) in [6.07, 6.45) is 6.36. The van der Waals surface area contributed by atoms with Gasteiger partial charge in [-0.3, -0.25) is 14.5 Å². The minimum absolute atomic E-state index is 0.0879. The average molecular weight is 550 g/mol. The van der Waals surface area contributed by atoms with Gasteiger partial charge in [-0.2, -0.15) is 15.6 Å². The number of nitriles is 2. The molecule has 2 fully saturated rings. The van der Waals surface area contributed by atoms with Crippen LogP contribution in [0.2, 0.25) is 0 Å². The first-order valence-electron chi connectivity index (χ1n) is 13.6. The summed E-state index contributed by atoms with van der Waals surface area (Å²) < 4.78 is 15.8. The molecule has 2 aliphatic rings. The monoisotopic (exact) mass is 549 g/mol. The van der Waals surface area contributed by atoms with Gasteiger partial charge in [0, 0.05) is 55.6 Å². The predicted octanol–water partition coefficient (Wildman–Crippen LogP) is 4.22. The fourth-order valence-corrected chi connectivity index (χ4v) is 5.97. The van der Waals surface area contributed by atoms with E-state index in [0.717, 1.165) is 12.6 Å². The maximum atomic E-state index is 14.3. The van der Waals surface area contributed by atoms with Crippen molar-refractivity contribution in [2.75, 3.05) is 18.0 Å². The van der Waals surface area contributed by atoms with Crippen LogP contribution < -0.4 is 4.90 Å². The van der Waals surface area contributed by atoms with Crippen LogP contribution in [0.4, 0.5) is 10.2 Å². The number of amides is 1. The molecule has 3 aromatic heterocycles. The fraction of sp³-hybridized carbons (Fsp3) is 0.367. The first kappa shape index (κ1) is 26.3. The largest absolute Gasteiger partial charge is 0.349 e. The molecule has 2 atom stereocenters. The van der Waals surface area contributed by atoms with Gasteiger partial charge >= 0.3 is 0 Å². The van der Waals surface area contributed by atoms with Crippen LogP contribution in [0, 0.1) is 33.9 Å². The Morgan fingerprint density at radius 2 is 1.85 bits per heavy atom. The number of rotatable bonds is 4.